The van der Waals surface area contributed by atoms with Crippen molar-refractivity contribution in [2.24, 2.45) is 5.14 Å². The molecule has 1 aromatic rings. The van der Waals surface area contributed by atoms with E-state index in [1.807, 2.05) is 13.8 Å². The highest BCUT2D eigenvalue weighted by Crippen LogP contribution is 2.26. The average Bonchev–Trinajstić information content (AvgIpc) is 2.30. The summed E-state index contributed by atoms with van der Waals surface area (Å²) in [5.74, 6) is 0.767. The summed E-state index contributed by atoms with van der Waals surface area (Å²) in [6.45, 7) is 6.50. The first-order chi connectivity index (χ1) is 8.86. The third-order valence-electron chi connectivity index (χ3n) is 3.01. The zero-order valence-corrected chi connectivity index (χ0v) is 12.7. The van der Waals surface area contributed by atoms with Crippen LogP contribution in [0.5, 0.6) is 5.75 Å². The number of rotatable bonds is 7. The van der Waals surface area contributed by atoms with Crippen LogP contribution in [0.4, 0.5) is 0 Å². The molecule has 4 nitrogen and oxygen atoms in total. The van der Waals surface area contributed by atoms with Crippen LogP contribution in [0.3, 0.4) is 0 Å². The van der Waals surface area contributed by atoms with E-state index >= 15 is 0 Å². The van der Waals surface area contributed by atoms with Crippen molar-refractivity contribution in [3.63, 3.8) is 0 Å². The fraction of sp³-hybridized carbons (Fsp3) is 0.571. The molecule has 0 fully saturated rings. The minimum atomic E-state index is -3.65. The summed E-state index contributed by atoms with van der Waals surface area (Å²) in [7, 11) is -3.65. The highest BCUT2D eigenvalue weighted by atomic mass is 32.2. The molecule has 0 saturated heterocycles. The first kappa shape index (κ1) is 16.0. The molecule has 0 aliphatic carbocycles. The van der Waals surface area contributed by atoms with Gasteiger partial charge >= 0.3 is 0 Å². The molecule has 19 heavy (non-hydrogen) atoms. The number of aryl methyl sites for hydroxylation is 2. The van der Waals surface area contributed by atoms with Crippen molar-refractivity contribution >= 4 is 10.0 Å². The van der Waals surface area contributed by atoms with Gasteiger partial charge in [-0.05, 0) is 43.5 Å². The summed E-state index contributed by atoms with van der Waals surface area (Å²) in [6, 6.07) is 3.12. The second-order valence-electron chi connectivity index (χ2n) is 4.84. The molecular weight excluding hydrogens is 262 g/mol. The van der Waals surface area contributed by atoms with E-state index in [9.17, 15) is 8.42 Å². The van der Waals surface area contributed by atoms with Gasteiger partial charge in [0.05, 0.1) is 11.5 Å². The maximum Gasteiger partial charge on any atom is 0.238 e. The Balaban J connectivity index is 2.75. The van der Waals surface area contributed by atoms with Crippen LogP contribution >= 0.6 is 0 Å². The second kappa shape index (κ2) is 6.91. The quantitative estimate of drug-likeness (QED) is 0.783. The molecule has 0 unspecified atom stereocenters. The van der Waals surface area contributed by atoms with Gasteiger partial charge in [0.25, 0.3) is 0 Å². The fourth-order valence-electron chi connectivity index (χ4n) is 2.01. The van der Waals surface area contributed by atoms with E-state index in [-0.39, 0.29) is 4.90 Å². The zero-order valence-electron chi connectivity index (χ0n) is 11.9. The normalized spacial score (nSPS) is 11.6. The van der Waals surface area contributed by atoms with E-state index in [2.05, 4.69) is 6.92 Å². The van der Waals surface area contributed by atoms with Gasteiger partial charge in [0.15, 0.2) is 0 Å². The predicted molar refractivity (Wildman–Crippen MR) is 76.9 cm³/mol. The molecule has 0 aromatic heterocycles. The highest BCUT2D eigenvalue weighted by molar-refractivity contribution is 7.89. The van der Waals surface area contributed by atoms with Crippen LogP contribution in [0.25, 0.3) is 0 Å². The molecule has 0 radical (unpaired) electrons. The van der Waals surface area contributed by atoms with Crippen molar-refractivity contribution in [2.45, 2.75) is 51.3 Å². The summed E-state index contributed by atoms with van der Waals surface area (Å²) >= 11 is 0. The summed E-state index contributed by atoms with van der Waals surface area (Å²) in [5, 5.41) is 5.13. The maximum atomic E-state index is 11.3. The van der Waals surface area contributed by atoms with Crippen molar-refractivity contribution < 1.29 is 13.2 Å². The number of hydrogen-bond donors (Lipinski definition) is 1. The molecule has 0 bridgehead atoms. The molecule has 0 aliphatic heterocycles. The fourth-order valence-corrected chi connectivity index (χ4v) is 2.69. The molecule has 1 rings (SSSR count). The van der Waals surface area contributed by atoms with Gasteiger partial charge in [-0.25, -0.2) is 13.6 Å². The van der Waals surface area contributed by atoms with Gasteiger partial charge in [0.1, 0.15) is 5.75 Å². The van der Waals surface area contributed by atoms with Gasteiger partial charge in [-0.3, -0.25) is 0 Å². The van der Waals surface area contributed by atoms with Gasteiger partial charge in [-0.2, -0.15) is 0 Å². The van der Waals surface area contributed by atoms with E-state index in [0.29, 0.717) is 6.61 Å². The number of benzene rings is 1. The Hall–Kier alpha value is -1.07. The van der Waals surface area contributed by atoms with Crippen LogP contribution in [0, 0.1) is 13.8 Å². The van der Waals surface area contributed by atoms with Gasteiger partial charge < -0.3 is 4.74 Å². The van der Waals surface area contributed by atoms with Gasteiger partial charge in [-0.15, -0.1) is 0 Å². The lowest BCUT2D eigenvalue weighted by atomic mass is 10.1. The second-order valence-corrected chi connectivity index (χ2v) is 6.40. The van der Waals surface area contributed by atoms with Crippen LogP contribution in [0.1, 0.15) is 43.7 Å². The molecule has 0 heterocycles. The molecule has 0 amide bonds. The van der Waals surface area contributed by atoms with E-state index in [1.54, 1.807) is 12.1 Å². The Kier molecular flexibility index (Phi) is 5.82. The third kappa shape index (κ3) is 4.84. The highest BCUT2D eigenvalue weighted by Gasteiger charge is 2.13. The maximum absolute atomic E-state index is 11.3. The van der Waals surface area contributed by atoms with Crippen molar-refractivity contribution in [3.05, 3.63) is 23.3 Å². The van der Waals surface area contributed by atoms with Crippen LogP contribution in [0.2, 0.25) is 0 Å². The SMILES string of the molecule is CCCCCCOc1c(C)cc(S(N)(=O)=O)cc1C. The standard InChI is InChI=1S/C14H23NO3S/c1-4-5-6-7-8-18-14-11(2)9-13(10-12(14)3)19(15,16)17/h9-10H,4-8H2,1-3H3,(H2,15,16,17). The molecule has 1 aromatic carbocycles. The minimum absolute atomic E-state index is 0.140. The first-order valence-corrected chi connectivity index (χ1v) is 8.17. The third-order valence-corrected chi connectivity index (χ3v) is 3.90. The number of primary sulfonamides is 1. The molecule has 2 N–H and O–H groups in total. The number of unbranched alkanes of at least 4 members (excludes halogenated alkanes) is 3. The molecule has 0 saturated carbocycles. The predicted octanol–water partition coefficient (Wildman–Crippen LogP) is 2.91. The molecular formula is C14H23NO3S. The lowest BCUT2D eigenvalue weighted by Gasteiger charge is -2.13. The van der Waals surface area contributed by atoms with Gasteiger partial charge in [-0.1, -0.05) is 26.2 Å². The Bertz CT molecular complexity index is 500. The molecule has 108 valence electrons. The molecule has 0 aliphatic rings. The van der Waals surface area contributed by atoms with Crippen LogP contribution < -0.4 is 9.88 Å². The van der Waals surface area contributed by atoms with Crippen molar-refractivity contribution in [1.82, 2.24) is 0 Å². The van der Waals surface area contributed by atoms with Crippen LogP contribution in [-0.4, -0.2) is 15.0 Å². The Morgan fingerprint density at radius 2 is 1.68 bits per heavy atom. The topological polar surface area (TPSA) is 69.4 Å². The average molecular weight is 285 g/mol. The van der Waals surface area contributed by atoms with Crippen molar-refractivity contribution in [3.8, 4) is 5.75 Å². The van der Waals surface area contributed by atoms with E-state index in [1.165, 1.54) is 12.8 Å². The van der Waals surface area contributed by atoms with Gasteiger partial charge in [0, 0.05) is 0 Å². The Labute approximate surface area is 116 Å². The van der Waals surface area contributed by atoms with Gasteiger partial charge in [0.2, 0.25) is 10.0 Å². The molecule has 0 spiro atoms. The molecule has 0 atom stereocenters. The summed E-state index contributed by atoms with van der Waals surface area (Å²) < 4.78 is 28.4. The number of sulfonamides is 1. The Morgan fingerprint density at radius 1 is 1.11 bits per heavy atom. The summed E-state index contributed by atoms with van der Waals surface area (Å²) in [6.07, 6.45) is 4.58. The van der Waals surface area contributed by atoms with Crippen LogP contribution in [-0.2, 0) is 10.0 Å². The summed E-state index contributed by atoms with van der Waals surface area (Å²) in [4.78, 5) is 0.140. The Morgan fingerprint density at radius 3 is 2.16 bits per heavy atom. The van der Waals surface area contributed by atoms with E-state index < -0.39 is 10.0 Å². The first-order valence-electron chi connectivity index (χ1n) is 6.63. The lowest BCUT2D eigenvalue weighted by Crippen LogP contribution is -2.13. The lowest BCUT2D eigenvalue weighted by molar-refractivity contribution is 0.301. The van der Waals surface area contributed by atoms with Crippen molar-refractivity contribution in [1.29, 1.82) is 0 Å². The number of hydrogen-bond acceptors (Lipinski definition) is 3. The smallest absolute Gasteiger partial charge is 0.238 e. The number of ether oxygens (including phenoxy) is 1. The minimum Gasteiger partial charge on any atom is -0.493 e. The monoisotopic (exact) mass is 285 g/mol. The van der Waals surface area contributed by atoms with Crippen molar-refractivity contribution in [2.75, 3.05) is 6.61 Å². The van der Waals surface area contributed by atoms with E-state index in [4.69, 9.17) is 9.88 Å². The number of nitrogens with two attached hydrogens (primary N) is 1. The molecule has 5 heteroatoms. The zero-order chi connectivity index (χ0) is 14.5. The van der Waals surface area contributed by atoms with Crippen LogP contribution in [0.15, 0.2) is 17.0 Å². The van der Waals surface area contributed by atoms with E-state index in [0.717, 1.165) is 29.7 Å². The summed E-state index contributed by atoms with van der Waals surface area (Å²) in [5.41, 5.74) is 1.61. The largest absolute Gasteiger partial charge is 0.493 e.